The normalized spacial score (nSPS) is 10.9. The van der Waals surface area contributed by atoms with Crippen molar-refractivity contribution < 1.29 is 37.0 Å². The van der Waals surface area contributed by atoms with Crippen LogP contribution in [-0.2, 0) is 25.7 Å². The quantitative estimate of drug-likeness (QED) is 0.723. The maximum atomic E-state index is 12.0. The molecule has 0 spiro atoms. The lowest BCUT2D eigenvalue weighted by Crippen LogP contribution is -2.17. The predicted octanol–water partition coefficient (Wildman–Crippen LogP) is 2.97. The van der Waals surface area contributed by atoms with E-state index in [0.717, 1.165) is 12.1 Å². The van der Waals surface area contributed by atoms with Gasteiger partial charge in [0, 0.05) is 0 Å². The van der Waals surface area contributed by atoms with E-state index in [9.17, 15) is 22.8 Å². The molecule has 0 aromatic heterocycles. The monoisotopic (exact) mass is 320 g/mol. The minimum absolute atomic E-state index is 0.0783. The smallest absolute Gasteiger partial charge is 0.466 e. The van der Waals surface area contributed by atoms with Gasteiger partial charge in [0.25, 0.3) is 0 Å². The molecule has 22 heavy (non-hydrogen) atoms. The van der Waals surface area contributed by atoms with Crippen LogP contribution >= 0.6 is 0 Å². The van der Waals surface area contributed by atoms with Crippen LogP contribution in [0.15, 0.2) is 24.3 Å². The average molecular weight is 320 g/mol. The van der Waals surface area contributed by atoms with Gasteiger partial charge in [-0.15, -0.1) is 13.2 Å². The first-order valence-corrected chi connectivity index (χ1v) is 6.46. The minimum atomic E-state index is -4.75. The number of halogens is 3. The molecule has 0 saturated carbocycles. The summed E-state index contributed by atoms with van der Waals surface area (Å²) in [5.74, 6) is -1.44. The first kappa shape index (κ1) is 17.8. The van der Waals surface area contributed by atoms with Crippen molar-refractivity contribution in [1.82, 2.24) is 0 Å². The molecule has 0 unspecified atom stereocenters. The molecule has 1 rings (SSSR count). The molecule has 122 valence electrons. The third-order valence-electron chi connectivity index (χ3n) is 2.40. The Labute approximate surface area is 125 Å². The first-order valence-electron chi connectivity index (χ1n) is 6.46. The summed E-state index contributed by atoms with van der Waals surface area (Å²) in [6.45, 7) is 1.79. The van der Waals surface area contributed by atoms with Gasteiger partial charge in [-0.3, -0.25) is 9.59 Å². The van der Waals surface area contributed by atoms with Gasteiger partial charge in [-0.25, -0.2) is 0 Å². The summed E-state index contributed by atoms with van der Waals surface area (Å²) in [4.78, 5) is 22.4. The van der Waals surface area contributed by atoms with Gasteiger partial charge in [-0.05, 0) is 24.6 Å². The zero-order chi connectivity index (χ0) is 16.6. The molecule has 0 atom stereocenters. The molecule has 5 nitrogen and oxygen atoms in total. The number of ether oxygens (including phenoxy) is 3. The summed E-state index contributed by atoms with van der Waals surface area (Å²) < 4.78 is 49.2. The largest absolute Gasteiger partial charge is 0.573 e. The maximum absolute atomic E-state index is 12.0. The van der Waals surface area contributed by atoms with Gasteiger partial charge in [0.05, 0.1) is 19.4 Å². The Morgan fingerprint density at radius 1 is 1.00 bits per heavy atom. The number of esters is 2. The highest BCUT2D eigenvalue weighted by Crippen LogP contribution is 2.22. The zero-order valence-electron chi connectivity index (χ0n) is 11.8. The third-order valence-corrected chi connectivity index (χ3v) is 2.40. The molecule has 0 N–H and O–H groups in total. The summed E-state index contributed by atoms with van der Waals surface area (Å²) in [5, 5.41) is 0. The first-order chi connectivity index (χ1) is 10.3. The number of carbonyl (C=O) groups excluding carboxylic acids is 2. The van der Waals surface area contributed by atoms with E-state index in [2.05, 4.69) is 9.47 Å². The highest BCUT2D eigenvalue weighted by Gasteiger charge is 2.30. The van der Waals surface area contributed by atoms with E-state index in [1.807, 2.05) is 0 Å². The Hall–Kier alpha value is -2.25. The summed E-state index contributed by atoms with van der Waals surface area (Å²) in [6.07, 6.45) is -4.94. The van der Waals surface area contributed by atoms with Crippen molar-refractivity contribution in [3.8, 4) is 5.75 Å². The van der Waals surface area contributed by atoms with Crippen molar-refractivity contribution in [3.63, 3.8) is 0 Å². The molecular weight excluding hydrogens is 305 g/mol. The van der Waals surface area contributed by atoms with Gasteiger partial charge < -0.3 is 14.2 Å². The third kappa shape index (κ3) is 7.51. The van der Waals surface area contributed by atoms with E-state index in [1.54, 1.807) is 6.92 Å². The highest BCUT2D eigenvalue weighted by molar-refractivity contribution is 5.77. The zero-order valence-corrected chi connectivity index (χ0v) is 11.8. The Kier molecular flexibility index (Phi) is 6.68. The van der Waals surface area contributed by atoms with Crippen molar-refractivity contribution >= 4 is 11.9 Å². The van der Waals surface area contributed by atoms with Crippen LogP contribution in [0, 0.1) is 0 Å². The Balaban J connectivity index is 2.35. The van der Waals surface area contributed by atoms with Crippen LogP contribution in [-0.4, -0.2) is 24.9 Å². The van der Waals surface area contributed by atoms with Crippen LogP contribution in [0.25, 0.3) is 0 Å². The van der Waals surface area contributed by atoms with Crippen LogP contribution in [0.5, 0.6) is 5.75 Å². The van der Waals surface area contributed by atoms with Crippen molar-refractivity contribution in [2.24, 2.45) is 0 Å². The fourth-order valence-corrected chi connectivity index (χ4v) is 1.46. The number of benzene rings is 1. The standard InChI is InChI=1S/C14H15F3O5/c1-2-20-12(18)7-8-13(19)21-9-10-3-5-11(6-4-10)22-14(15,16)17/h3-6H,2,7-9H2,1H3. The number of hydrogen-bond donors (Lipinski definition) is 0. The molecular formula is C14H15F3O5. The summed E-state index contributed by atoms with van der Waals surface area (Å²) in [7, 11) is 0. The molecule has 0 radical (unpaired) electrons. The number of hydrogen-bond acceptors (Lipinski definition) is 5. The molecule has 0 saturated heterocycles. The van der Waals surface area contributed by atoms with E-state index < -0.39 is 18.3 Å². The van der Waals surface area contributed by atoms with Gasteiger partial charge in [-0.1, -0.05) is 12.1 Å². The van der Waals surface area contributed by atoms with Crippen LogP contribution in [0.3, 0.4) is 0 Å². The van der Waals surface area contributed by atoms with Gasteiger partial charge >= 0.3 is 18.3 Å². The Bertz CT molecular complexity index is 496. The second-order valence-corrected chi connectivity index (χ2v) is 4.16. The summed E-state index contributed by atoms with van der Waals surface area (Å²) in [6, 6.07) is 4.93. The van der Waals surface area contributed by atoms with E-state index in [-0.39, 0.29) is 31.8 Å². The lowest BCUT2D eigenvalue weighted by molar-refractivity contribution is -0.274. The Morgan fingerprint density at radius 2 is 1.55 bits per heavy atom. The van der Waals surface area contributed by atoms with E-state index in [1.165, 1.54) is 12.1 Å². The average Bonchev–Trinajstić information content (AvgIpc) is 2.43. The molecule has 0 aliphatic heterocycles. The molecule has 0 fully saturated rings. The highest BCUT2D eigenvalue weighted by atomic mass is 19.4. The molecule has 1 aromatic carbocycles. The van der Waals surface area contributed by atoms with Crippen molar-refractivity contribution in [3.05, 3.63) is 29.8 Å². The van der Waals surface area contributed by atoms with Crippen molar-refractivity contribution in [1.29, 1.82) is 0 Å². The van der Waals surface area contributed by atoms with Crippen LogP contribution < -0.4 is 4.74 Å². The second-order valence-electron chi connectivity index (χ2n) is 4.16. The number of alkyl halides is 3. The molecule has 0 amide bonds. The fraction of sp³-hybridized carbons (Fsp3) is 0.429. The van der Waals surface area contributed by atoms with E-state index in [0.29, 0.717) is 5.56 Å². The molecule has 0 aliphatic carbocycles. The van der Waals surface area contributed by atoms with Gasteiger partial charge in [0.1, 0.15) is 12.4 Å². The molecule has 0 aliphatic rings. The van der Waals surface area contributed by atoms with Crippen molar-refractivity contribution in [2.45, 2.75) is 32.7 Å². The van der Waals surface area contributed by atoms with E-state index >= 15 is 0 Å². The Morgan fingerprint density at radius 3 is 2.05 bits per heavy atom. The van der Waals surface area contributed by atoms with Crippen LogP contribution in [0.2, 0.25) is 0 Å². The lowest BCUT2D eigenvalue weighted by atomic mass is 10.2. The van der Waals surface area contributed by atoms with E-state index in [4.69, 9.17) is 4.74 Å². The molecule has 0 heterocycles. The van der Waals surface area contributed by atoms with Gasteiger partial charge in [-0.2, -0.15) is 0 Å². The summed E-state index contributed by atoms with van der Waals surface area (Å²) in [5.41, 5.74) is 0.499. The fourth-order valence-electron chi connectivity index (χ4n) is 1.46. The number of carbonyl (C=O) groups is 2. The molecule has 0 bridgehead atoms. The number of rotatable bonds is 7. The lowest BCUT2D eigenvalue weighted by Gasteiger charge is -2.09. The van der Waals surface area contributed by atoms with Crippen LogP contribution in [0.4, 0.5) is 13.2 Å². The predicted molar refractivity (Wildman–Crippen MR) is 68.8 cm³/mol. The topological polar surface area (TPSA) is 61.8 Å². The van der Waals surface area contributed by atoms with Crippen LogP contribution in [0.1, 0.15) is 25.3 Å². The SMILES string of the molecule is CCOC(=O)CCC(=O)OCc1ccc(OC(F)(F)F)cc1. The van der Waals surface area contributed by atoms with Crippen molar-refractivity contribution in [2.75, 3.05) is 6.61 Å². The maximum Gasteiger partial charge on any atom is 0.573 e. The second kappa shape index (κ2) is 8.26. The molecule has 1 aromatic rings. The minimum Gasteiger partial charge on any atom is -0.466 e. The summed E-state index contributed by atoms with van der Waals surface area (Å²) >= 11 is 0. The van der Waals surface area contributed by atoms with Gasteiger partial charge in [0.15, 0.2) is 0 Å². The van der Waals surface area contributed by atoms with Gasteiger partial charge in [0.2, 0.25) is 0 Å². The molecule has 8 heteroatoms.